The summed E-state index contributed by atoms with van der Waals surface area (Å²) in [5.74, 6) is 1.85. The zero-order valence-corrected chi connectivity index (χ0v) is 12.7. The molecule has 112 valence electrons. The van der Waals surface area contributed by atoms with E-state index in [9.17, 15) is 4.79 Å². The van der Waals surface area contributed by atoms with Crippen molar-refractivity contribution in [3.8, 4) is 0 Å². The first-order valence-electron chi connectivity index (χ1n) is 8.76. The molecule has 3 fully saturated rings. The van der Waals surface area contributed by atoms with E-state index in [1.54, 1.807) is 6.08 Å². The SMILES string of the molecule is C=CC(=O)N(C1CC1)C1CCCCC1C1CCCCC1. The Hall–Kier alpha value is -0.790. The number of nitrogens with zero attached hydrogens (tertiary/aromatic N) is 1. The fourth-order valence-corrected chi connectivity index (χ4v) is 4.67. The van der Waals surface area contributed by atoms with Crippen LogP contribution in [0.2, 0.25) is 0 Å². The van der Waals surface area contributed by atoms with E-state index in [1.807, 2.05) is 0 Å². The van der Waals surface area contributed by atoms with Crippen LogP contribution in [-0.4, -0.2) is 22.9 Å². The Morgan fingerprint density at radius 1 is 0.900 bits per heavy atom. The average molecular weight is 275 g/mol. The van der Waals surface area contributed by atoms with Crippen molar-refractivity contribution < 1.29 is 4.79 Å². The average Bonchev–Trinajstić information content (AvgIpc) is 3.33. The highest BCUT2D eigenvalue weighted by atomic mass is 16.2. The fraction of sp³-hybridized carbons (Fsp3) is 0.833. The minimum Gasteiger partial charge on any atom is -0.333 e. The largest absolute Gasteiger partial charge is 0.333 e. The van der Waals surface area contributed by atoms with Gasteiger partial charge in [0.05, 0.1) is 0 Å². The molecule has 3 rings (SSSR count). The molecule has 2 unspecified atom stereocenters. The van der Waals surface area contributed by atoms with Gasteiger partial charge in [0, 0.05) is 12.1 Å². The van der Waals surface area contributed by atoms with Gasteiger partial charge in [-0.2, -0.15) is 0 Å². The third-order valence-electron chi connectivity index (χ3n) is 5.76. The smallest absolute Gasteiger partial charge is 0.246 e. The van der Waals surface area contributed by atoms with Crippen LogP contribution >= 0.6 is 0 Å². The van der Waals surface area contributed by atoms with Crippen LogP contribution in [0, 0.1) is 11.8 Å². The summed E-state index contributed by atoms with van der Waals surface area (Å²) in [5.41, 5.74) is 0. The molecule has 0 bridgehead atoms. The number of hydrogen-bond donors (Lipinski definition) is 0. The summed E-state index contributed by atoms with van der Waals surface area (Å²) in [5, 5.41) is 0. The number of rotatable bonds is 4. The third kappa shape index (κ3) is 2.94. The topological polar surface area (TPSA) is 20.3 Å². The molecule has 0 heterocycles. The maximum Gasteiger partial charge on any atom is 0.246 e. The molecule has 1 amide bonds. The Kier molecular flexibility index (Phi) is 4.48. The molecule has 0 aromatic rings. The second-order valence-corrected chi connectivity index (χ2v) is 7.09. The zero-order valence-electron chi connectivity index (χ0n) is 12.7. The molecule has 0 N–H and O–H groups in total. The van der Waals surface area contributed by atoms with Crippen LogP contribution in [-0.2, 0) is 4.79 Å². The Morgan fingerprint density at radius 3 is 2.20 bits per heavy atom. The van der Waals surface area contributed by atoms with Gasteiger partial charge in [-0.1, -0.05) is 51.5 Å². The minimum atomic E-state index is 0.195. The van der Waals surface area contributed by atoms with Gasteiger partial charge in [-0.25, -0.2) is 0 Å². The molecule has 2 atom stereocenters. The lowest BCUT2D eigenvalue weighted by Gasteiger charge is -2.44. The van der Waals surface area contributed by atoms with Crippen molar-refractivity contribution in [2.75, 3.05) is 0 Å². The quantitative estimate of drug-likeness (QED) is 0.700. The van der Waals surface area contributed by atoms with Gasteiger partial charge in [0.15, 0.2) is 0 Å². The molecule has 0 saturated heterocycles. The van der Waals surface area contributed by atoms with Gasteiger partial charge in [0.1, 0.15) is 0 Å². The van der Waals surface area contributed by atoms with Gasteiger partial charge in [0.2, 0.25) is 5.91 Å². The highest BCUT2D eigenvalue weighted by molar-refractivity contribution is 5.87. The summed E-state index contributed by atoms with van der Waals surface area (Å²) < 4.78 is 0. The van der Waals surface area contributed by atoms with Crippen LogP contribution in [0.1, 0.15) is 70.6 Å². The summed E-state index contributed by atoms with van der Waals surface area (Å²) >= 11 is 0. The lowest BCUT2D eigenvalue weighted by atomic mass is 9.70. The molecule has 20 heavy (non-hydrogen) atoms. The van der Waals surface area contributed by atoms with Gasteiger partial charge in [-0.15, -0.1) is 0 Å². The van der Waals surface area contributed by atoms with Crippen LogP contribution in [0.5, 0.6) is 0 Å². The predicted molar refractivity (Wildman–Crippen MR) is 82.4 cm³/mol. The van der Waals surface area contributed by atoms with Crippen LogP contribution in [0.15, 0.2) is 12.7 Å². The number of carbonyl (C=O) groups is 1. The molecule has 2 heteroatoms. The standard InChI is InChI=1S/C18H29NO/c1-2-18(20)19(15-12-13-15)17-11-7-6-10-16(17)14-8-4-3-5-9-14/h2,14-17H,1,3-13H2. The van der Waals surface area contributed by atoms with Crippen molar-refractivity contribution in [1.29, 1.82) is 0 Å². The third-order valence-corrected chi connectivity index (χ3v) is 5.76. The highest BCUT2D eigenvalue weighted by Crippen LogP contribution is 2.43. The minimum absolute atomic E-state index is 0.195. The van der Waals surface area contributed by atoms with Crippen molar-refractivity contribution >= 4 is 5.91 Å². The van der Waals surface area contributed by atoms with Gasteiger partial charge < -0.3 is 4.90 Å². The molecular weight excluding hydrogens is 246 g/mol. The molecule has 0 radical (unpaired) electrons. The summed E-state index contributed by atoms with van der Waals surface area (Å²) in [6.07, 6.45) is 16.3. The Morgan fingerprint density at radius 2 is 1.55 bits per heavy atom. The van der Waals surface area contributed by atoms with E-state index in [0.29, 0.717) is 12.1 Å². The normalized spacial score (nSPS) is 31.8. The molecule has 0 aliphatic heterocycles. The van der Waals surface area contributed by atoms with Crippen LogP contribution in [0.25, 0.3) is 0 Å². The Labute approximate surface area is 123 Å². The number of amides is 1. The van der Waals surface area contributed by atoms with E-state index in [1.165, 1.54) is 70.6 Å². The van der Waals surface area contributed by atoms with E-state index >= 15 is 0 Å². The molecule has 2 nitrogen and oxygen atoms in total. The van der Waals surface area contributed by atoms with Crippen molar-refractivity contribution in [3.63, 3.8) is 0 Å². The molecule has 3 aliphatic carbocycles. The van der Waals surface area contributed by atoms with E-state index < -0.39 is 0 Å². The van der Waals surface area contributed by atoms with Gasteiger partial charge >= 0.3 is 0 Å². The maximum absolute atomic E-state index is 12.3. The van der Waals surface area contributed by atoms with Crippen LogP contribution < -0.4 is 0 Å². The first kappa shape index (κ1) is 14.2. The van der Waals surface area contributed by atoms with Gasteiger partial charge in [-0.3, -0.25) is 4.79 Å². The van der Waals surface area contributed by atoms with Crippen molar-refractivity contribution in [2.45, 2.75) is 82.7 Å². The number of carbonyl (C=O) groups excluding carboxylic acids is 1. The molecule has 3 aliphatic rings. The Balaban J connectivity index is 1.75. The highest BCUT2D eigenvalue weighted by Gasteiger charge is 2.42. The molecule has 3 saturated carbocycles. The zero-order chi connectivity index (χ0) is 13.9. The lowest BCUT2D eigenvalue weighted by molar-refractivity contribution is -0.131. The summed E-state index contributed by atoms with van der Waals surface area (Å²) in [7, 11) is 0. The number of hydrogen-bond acceptors (Lipinski definition) is 1. The summed E-state index contributed by atoms with van der Waals surface area (Å²) in [6, 6.07) is 1.06. The Bertz CT molecular complexity index is 354. The van der Waals surface area contributed by atoms with Crippen molar-refractivity contribution in [3.05, 3.63) is 12.7 Å². The van der Waals surface area contributed by atoms with E-state index in [0.717, 1.165) is 11.8 Å². The fourth-order valence-electron chi connectivity index (χ4n) is 4.67. The first-order valence-corrected chi connectivity index (χ1v) is 8.76. The second kappa shape index (κ2) is 6.32. The van der Waals surface area contributed by atoms with Crippen molar-refractivity contribution in [2.24, 2.45) is 11.8 Å². The van der Waals surface area contributed by atoms with Crippen LogP contribution in [0.3, 0.4) is 0 Å². The first-order chi connectivity index (χ1) is 9.81. The van der Waals surface area contributed by atoms with Crippen molar-refractivity contribution in [1.82, 2.24) is 4.90 Å². The van der Waals surface area contributed by atoms with E-state index in [2.05, 4.69) is 11.5 Å². The van der Waals surface area contributed by atoms with Gasteiger partial charge in [0.25, 0.3) is 0 Å². The van der Waals surface area contributed by atoms with E-state index in [-0.39, 0.29) is 5.91 Å². The molecular formula is C18H29NO. The van der Waals surface area contributed by atoms with E-state index in [4.69, 9.17) is 0 Å². The molecule has 0 spiro atoms. The van der Waals surface area contributed by atoms with Crippen LogP contribution in [0.4, 0.5) is 0 Å². The second-order valence-electron chi connectivity index (χ2n) is 7.09. The monoisotopic (exact) mass is 275 g/mol. The lowest BCUT2D eigenvalue weighted by Crippen LogP contribution is -2.49. The maximum atomic E-state index is 12.3. The summed E-state index contributed by atoms with van der Waals surface area (Å²) in [6.45, 7) is 3.73. The predicted octanol–water partition coefficient (Wildman–Crippen LogP) is 4.30. The van der Waals surface area contributed by atoms with Gasteiger partial charge in [-0.05, 0) is 43.6 Å². The summed E-state index contributed by atoms with van der Waals surface area (Å²) in [4.78, 5) is 14.6. The molecule has 0 aromatic carbocycles. The molecule has 0 aromatic heterocycles.